The topological polar surface area (TPSA) is 98.1 Å². The van der Waals surface area contributed by atoms with E-state index in [1.807, 2.05) is 53.6 Å². The maximum atomic E-state index is 12.3. The Morgan fingerprint density at radius 1 is 1.20 bits per heavy atom. The molecule has 2 aromatic carbocycles. The normalized spacial score (nSPS) is 15.7. The molecule has 4 aromatic rings. The van der Waals surface area contributed by atoms with Crippen LogP contribution in [0.5, 0.6) is 5.75 Å². The average Bonchev–Trinajstić information content (AvgIpc) is 3.44. The van der Waals surface area contributed by atoms with E-state index < -0.39 is 0 Å². The number of aromatic amines is 1. The van der Waals surface area contributed by atoms with Crippen molar-refractivity contribution in [2.75, 3.05) is 31.1 Å². The molecule has 0 radical (unpaired) electrons. The number of fused-ring (bicyclic) bond motifs is 1. The summed E-state index contributed by atoms with van der Waals surface area (Å²) in [6.45, 7) is 7.04. The summed E-state index contributed by atoms with van der Waals surface area (Å²) in [6.07, 6.45) is 5.60. The zero-order valence-corrected chi connectivity index (χ0v) is 22.7. The molecular weight excluding hydrogens is 500 g/mol. The molecule has 2 aliphatic rings. The highest BCUT2D eigenvalue weighted by molar-refractivity contribution is 5.99. The van der Waals surface area contributed by atoms with E-state index in [9.17, 15) is 10.1 Å². The summed E-state index contributed by atoms with van der Waals surface area (Å²) in [5.41, 5.74) is 6.06. The number of piperidine rings is 1. The third-order valence-corrected chi connectivity index (χ3v) is 7.99. The van der Waals surface area contributed by atoms with Crippen LogP contribution < -0.4 is 9.64 Å². The second-order valence-corrected chi connectivity index (χ2v) is 10.7. The molecule has 2 fully saturated rings. The predicted octanol–water partition coefficient (Wildman–Crippen LogP) is 4.84. The number of benzene rings is 2. The van der Waals surface area contributed by atoms with E-state index >= 15 is 0 Å². The van der Waals surface area contributed by atoms with Gasteiger partial charge in [0.1, 0.15) is 18.4 Å². The minimum absolute atomic E-state index is 0.00152. The first-order chi connectivity index (χ1) is 19.5. The number of carbonyl (C=O) groups excluding carboxylic acids is 1. The van der Waals surface area contributed by atoms with Gasteiger partial charge in [0.25, 0.3) is 5.91 Å². The van der Waals surface area contributed by atoms with Crippen molar-refractivity contribution in [3.05, 3.63) is 71.7 Å². The van der Waals surface area contributed by atoms with Gasteiger partial charge in [-0.1, -0.05) is 18.1 Å². The van der Waals surface area contributed by atoms with Crippen molar-refractivity contribution < 1.29 is 9.53 Å². The van der Waals surface area contributed by atoms with E-state index in [4.69, 9.17) is 4.74 Å². The number of aromatic nitrogens is 3. The maximum Gasteiger partial charge on any atom is 0.298 e. The lowest BCUT2D eigenvalue weighted by Gasteiger charge is -2.54. The number of carbonyl (C=O) groups is 1. The Labute approximate surface area is 233 Å². The van der Waals surface area contributed by atoms with Gasteiger partial charge in [-0.25, -0.2) is 0 Å². The smallest absolute Gasteiger partial charge is 0.298 e. The maximum absolute atomic E-state index is 12.3. The molecule has 2 aliphatic heterocycles. The van der Waals surface area contributed by atoms with E-state index in [0.29, 0.717) is 31.0 Å². The summed E-state index contributed by atoms with van der Waals surface area (Å²) in [6, 6.07) is 16.3. The van der Waals surface area contributed by atoms with Crippen molar-refractivity contribution in [2.24, 2.45) is 5.41 Å². The molecule has 0 bridgehead atoms. The number of nitrogens with zero attached hydrogens (tertiary/aromatic N) is 5. The first-order valence-corrected chi connectivity index (χ1v) is 13.5. The molecule has 0 unspecified atom stereocenters. The van der Waals surface area contributed by atoms with Gasteiger partial charge in [0.05, 0.1) is 28.7 Å². The number of H-pyrrole nitrogens is 1. The Kier molecular flexibility index (Phi) is 6.61. The van der Waals surface area contributed by atoms with E-state index in [1.165, 1.54) is 0 Å². The number of rotatable bonds is 5. The Hall–Kier alpha value is -4.82. The molecule has 8 nitrogen and oxygen atoms in total. The number of aryl methyl sites for hydroxylation is 1. The van der Waals surface area contributed by atoms with Crippen LogP contribution in [0.25, 0.3) is 22.0 Å². The van der Waals surface area contributed by atoms with E-state index in [1.54, 1.807) is 13.1 Å². The van der Waals surface area contributed by atoms with Crippen molar-refractivity contribution in [1.82, 2.24) is 20.1 Å². The number of pyridine rings is 1. The van der Waals surface area contributed by atoms with E-state index in [2.05, 4.69) is 44.9 Å². The van der Waals surface area contributed by atoms with E-state index in [0.717, 1.165) is 64.9 Å². The zero-order chi connectivity index (χ0) is 27.7. The van der Waals surface area contributed by atoms with Crippen LogP contribution in [0.1, 0.15) is 36.6 Å². The minimum atomic E-state index is -0.112. The van der Waals surface area contributed by atoms with Crippen molar-refractivity contribution in [2.45, 2.75) is 33.3 Å². The fraction of sp³-hybridized carbons (Fsp3) is 0.312. The van der Waals surface area contributed by atoms with Crippen LogP contribution >= 0.6 is 0 Å². The largest absolute Gasteiger partial charge is 0.487 e. The van der Waals surface area contributed by atoms with Crippen LogP contribution in [0, 0.1) is 35.5 Å². The molecule has 8 heteroatoms. The SMILES string of the molecule is CC#CC(=O)N1CC2(CCCN(c3cc(OCc4ccccn4)cc(-c4c(C)ccc5[nH]ncc45)c3C#N)C2)C1. The van der Waals surface area contributed by atoms with Gasteiger partial charge >= 0.3 is 0 Å². The van der Waals surface area contributed by atoms with Crippen molar-refractivity contribution in [3.63, 3.8) is 0 Å². The molecule has 0 atom stereocenters. The Morgan fingerprint density at radius 3 is 2.85 bits per heavy atom. The number of amides is 1. The fourth-order valence-corrected chi connectivity index (χ4v) is 6.14. The molecule has 2 aromatic heterocycles. The lowest BCUT2D eigenvalue weighted by atomic mass is 9.73. The summed E-state index contributed by atoms with van der Waals surface area (Å²) in [5, 5.41) is 18.8. The highest BCUT2D eigenvalue weighted by Crippen LogP contribution is 2.44. The van der Waals surface area contributed by atoms with Crippen LogP contribution in [0.3, 0.4) is 0 Å². The number of nitriles is 1. The molecule has 2 saturated heterocycles. The van der Waals surface area contributed by atoms with Crippen molar-refractivity contribution >= 4 is 22.5 Å². The molecule has 6 rings (SSSR count). The summed E-state index contributed by atoms with van der Waals surface area (Å²) in [5.74, 6) is 5.94. The van der Waals surface area contributed by atoms with Crippen molar-refractivity contribution in [3.8, 4) is 34.8 Å². The standard InChI is InChI=1S/C32H30N6O2/c1-3-7-30(39)38-20-32(21-38)11-6-13-37(19-32)29-15-24(40-18-23-8-4-5-12-34-23)14-25(26(29)16-33)31-22(2)9-10-28-27(31)17-35-36-28/h4-5,8-10,12,14-15,17H,6,11,13,18-21H2,1-2H3,(H,35,36). The van der Waals surface area contributed by atoms with Gasteiger partial charge in [0, 0.05) is 54.8 Å². The third-order valence-electron chi connectivity index (χ3n) is 7.99. The van der Waals surface area contributed by atoms with Crippen molar-refractivity contribution in [1.29, 1.82) is 5.26 Å². The second-order valence-electron chi connectivity index (χ2n) is 10.7. The first-order valence-electron chi connectivity index (χ1n) is 13.5. The van der Waals surface area contributed by atoms with Gasteiger partial charge in [0.2, 0.25) is 0 Å². The Balaban J connectivity index is 1.41. The number of nitrogens with one attached hydrogen (secondary N) is 1. The number of likely N-dealkylation sites (tertiary alicyclic amines) is 1. The van der Waals surface area contributed by atoms with Crippen LogP contribution in [0.15, 0.2) is 54.9 Å². The number of ether oxygens (including phenoxy) is 1. The third kappa shape index (κ3) is 4.63. The number of anilines is 1. The highest BCUT2D eigenvalue weighted by Gasteiger charge is 2.47. The van der Waals surface area contributed by atoms with Crippen LogP contribution in [-0.2, 0) is 11.4 Å². The summed E-state index contributed by atoms with van der Waals surface area (Å²) >= 11 is 0. The quantitative estimate of drug-likeness (QED) is 0.371. The van der Waals surface area contributed by atoms with Gasteiger partial charge in [-0.05, 0) is 68.0 Å². The van der Waals surface area contributed by atoms with Gasteiger partial charge in [-0.2, -0.15) is 10.4 Å². The summed E-state index contributed by atoms with van der Waals surface area (Å²) in [7, 11) is 0. The van der Waals surface area contributed by atoms with Crippen LogP contribution in [-0.4, -0.2) is 52.2 Å². The highest BCUT2D eigenvalue weighted by atomic mass is 16.5. The fourth-order valence-electron chi connectivity index (χ4n) is 6.14. The van der Waals surface area contributed by atoms with Crippen LogP contribution in [0.2, 0.25) is 0 Å². The molecule has 1 amide bonds. The van der Waals surface area contributed by atoms with E-state index in [-0.39, 0.29) is 11.3 Å². The predicted molar refractivity (Wildman–Crippen MR) is 153 cm³/mol. The van der Waals surface area contributed by atoms with Gasteiger partial charge < -0.3 is 14.5 Å². The summed E-state index contributed by atoms with van der Waals surface area (Å²) < 4.78 is 6.30. The second kappa shape index (κ2) is 10.4. The molecule has 1 N–H and O–H groups in total. The molecule has 4 heterocycles. The van der Waals surface area contributed by atoms with Gasteiger partial charge in [-0.3, -0.25) is 14.9 Å². The number of hydrogen-bond acceptors (Lipinski definition) is 6. The zero-order valence-electron chi connectivity index (χ0n) is 22.7. The molecule has 1 spiro atoms. The molecule has 40 heavy (non-hydrogen) atoms. The minimum Gasteiger partial charge on any atom is -0.487 e. The summed E-state index contributed by atoms with van der Waals surface area (Å²) in [4.78, 5) is 20.8. The van der Waals surface area contributed by atoms with Crippen LogP contribution in [0.4, 0.5) is 5.69 Å². The average molecular weight is 531 g/mol. The molecule has 0 aliphatic carbocycles. The Morgan fingerprint density at radius 2 is 2.08 bits per heavy atom. The molecule has 0 saturated carbocycles. The first kappa shape index (κ1) is 25.5. The van der Waals surface area contributed by atoms with Gasteiger partial charge in [0.15, 0.2) is 0 Å². The lowest BCUT2D eigenvalue weighted by molar-refractivity contribution is -0.137. The number of hydrogen-bond donors (Lipinski definition) is 1. The van der Waals surface area contributed by atoms with Gasteiger partial charge in [-0.15, -0.1) is 0 Å². The molecule has 200 valence electrons. The monoisotopic (exact) mass is 530 g/mol. The Bertz CT molecular complexity index is 1690. The lowest BCUT2D eigenvalue weighted by Crippen LogP contribution is -2.64. The molecular formula is C32H30N6O2.